The highest BCUT2D eigenvalue weighted by Crippen LogP contribution is 2.16. The Morgan fingerprint density at radius 1 is 0.727 bits per heavy atom. The normalized spacial score (nSPS) is 11.3. The van der Waals surface area contributed by atoms with E-state index in [0.717, 1.165) is 36.5 Å². The number of unbranched alkanes of at least 4 members (excludes halogenated alkanes) is 11. The smallest absolute Gasteiger partial charge is 0.306 e. The Morgan fingerprint density at radius 2 is 1.33 bits per heavy atom. The number of fused-ring (bicyclic) bond motifs is 1. The van der Waals surface area contributed by atoms with Crippen LogP contribution in [0, 0.1) is 0 Å². The van der Waals surface area contributed by atoms with E-state index in [1.54, 1.807) is 6.07 Å². The molecular formula is C30H42O3. The molecule has 0 spiro atoms. The van der Waals surface area contributed by atoms with Crippen LogP contribution in [-0.2, 0) is 9.53 Å². The zero-order chi connectivity index (χ0) is 23.6. The van der Waals surface area contributed by atoms with Gasteiger partial charge in [-0.1, -0.05) is 107 Å². The third kappa shape index (κ3) is 11.8. The molecular weight excluding hydrogens is 408 g/mol. The number of ketones is 1. The second kappa shape index (κ2) is 17.1. The molecule has 2 aromatic carbocycles. The molecule has 33 heavy (non-hydrogen) atoms. The van der Waals surface area contributed by atoms with Crippen LogP contribution in [0.3, 0.4) is 0 Å². The van der Waals surface area contributed by atoms with Gasteiger partial charge in [0, 0.05) is 12.0 Å². The topological polar surface area (TPSA) is 43.4 Å². The number of Topliss-reactive ketones (excluding diaryl/α,β-unsaturated/α-hetero) is 1. The maximum Gasteiger partial charge on any atom is 0.306 e. The van der Waals surface area contributed by atoms with Crippen molar-refractivity contribution < 1.29 is 14.3 Å². The zero-order valence-corrected chi connectivity index (χ0v) is 20.5. The molecule has 3 nitrogen and oxygen atoms in total. The van der Waals surface area contributed by atoms with Crippen molar-refractivity contribution in [1.82, 2.24) is 0 Å². The molecule has 0 fully saturated rings. The van der Waals surface area contributed by atoms with Crippen LogP contribution < -0.4 is 0 Å². The van der Waals surface area contributed by atoms with Gasteiger partial charge in [0.15, 0.2) is 12.4 Å². The van der Waals surface area contributed by atoms with E-state index < -0.39 is 0 Å². The van der Waals surface area contributed by atoms with Gasteiger partial charge in [-0.2, -0.15) is 0 Å². The highest BCUT2D eigenvalue weighted by molar-refractivity contribution is 6.01. The first kappa shape index (κ1) is 26.8. The summed E-state index contributed by atoms with van der Waals surface area (Å²) in [5.41, 5.74) is 0.586. The van der Waals surface area contributed by atoms with Crippen molar-refractivity contribution in [3.8, 4) is 0 Å². The maximum atomic E-state index is 12.3. The van der Waals surface area contributed by atoms with Gasteiger partial charge < -0.3 is 4.74 Å². The largest absolute Gasteiger partial charge is 0.457 e. The van der Waals surface area contributed by atoms with Crippen molar-refractivity contribution >= 4 is 22.5 Å². The van der Waals surface area contributed by atoms with Gasteiger partial charge in [-0.3, -0.25) is 9.59 Å². The van der Waals surface area contributed by atoms with Crippen LogP contribution in [0.25, 0.3) is 10.8 Å². The van der Waals surface area contributed by atoms with Gasteiger partial charge in [0.2, 0.25) is 0 Å². The minimum atomic E-state index is -0.276. The highest BCUT2D eigenvalue weighted by atomic mass is 16.5. The molecule has 180 valence electrons. The summed E-state index contributed by atoms with van der Waals surface area (Å²) >= 11 is 0. The van der Waals surface area contributed by atoms with E-state index in [9.17, 15) is 9.59 Å². The van der Waals surface area contributed by atoms with Gasteiger partial charge in [-0.25, -0.2) is 0 Å². The molecule has 0 unspecified atom stereocenters. The number of allylic oxidation sites excluding steroid dienone is 2. The van der Waals surface area contributed by atoms with E-state index >= 15 is 0 Å². The lowest BCUT2D eigenvalue weighted by molar-refractivity contribution is -0.142. The maximum absolute atomic E-state index is 12.3. The number of hydrogen-bond donors (Lipinski definition) is 0. The molecule has 0 aliphatic heterocycles. The molecule has 0 aliphatic carbocycles. The van der Waals surface area contributed by atoms with Crippen LogP contribution in [0.4, 0.5) is 0 Å². The second-order valence-corrected chi connectivity index (χ2v) is 8.98. The fraction of sp³-hybridized carbons (Fsp3) is 0.533. The van der Waals surface area contributed by atoms with Gasteiger partial charge in [0.25, 0.3) is 0 Å². The summed E-state index contributed by atoms with van der Waals surface area (Å²) in [5.74, 6) is -0.430. The van der Waals surface area contributed by atoms with Crippen LogP contribution in [-0.4, -0.2) is 18.4 Å². The first-order valence-electron chi connectivity index (χ1n) is 13.0. The molecule has 0 heterocycles. The number of benzene rings is 2. The Labute approximate surface area is 200 Å². The Hall–Kier alpha value is -2.42. The van der Waals surface area contributed by atoms with Gasteiger partial charge in [0.1, 0.15) is 0 Å². The quantitative estimate of drug-likeness (QED) is 0.0988. The van der Waals surface area contributed by atoms with Gasteiger partial charge in [-0.05, 0) is 48.9 Å². The molecule has 0 radical (unpaired) electrons. The molecule has 0 N–H and O–H groups in total. The van der Waals surface area contributed by atoms with E-state index in [1.807, 2.05) is 36.4 Å². The molecule has 0 saturated carbocycles. The lowest BCUT2D eigenvalue weighted by Gasteiger charge is -2.06. The van der Waals surface area contributed by atoms with Crippen LogP contribution in [0.5, 0.6) is 0 Å². The molecule has 0 aromatic heterocycles. The number of carbonyl (C=O) groups is 2. The van der Waals surface area contributed by atoms with Gasteiger partial charge in [0.05, 0.1) is 0 Å². The summed E-state index contributed by atoms with van der Waals surface area (Å²) < 4.78 is 5.19. The molecule has 3 heteroatoms. The van der Waals surface area contributed by atoms with Gasteiger partial charge in [-0.15, -0.1) is 0 Å². The predicted octanol–water partition coefficient (Wildman–Crippen LogP) is 8.60. The Morgan fingerprint density at radius 3 is 2.03 bits per heavy atom. The summed E-state index contributed by atoms with van der Waals surface area (Å²) in [5, 5.41) is 2.11. The van der Waals surface area contributed by atoms with E-state index in [0.29, 0.717) is 12.0 Å². The minimum Gasteiger partial charge on any atom is -0.457 e. The fourth-order valence-corrected chi connectivity index (χ4v) is 4.00. The van der Waals surface area contributed by atoms with Gasteiger partial charge >= 0.3 is 5.97 Å². The predicted molar refractivity (Wildman–Crippen MR) is 139 cm³/mol. The Bertz CT molecular complexity index is 852. The number of hydrogen-bond acceptors (Lipinski definition) is 3. The van der Waals surface area contributed by atoms with Crippen molar-refractivity contribution in [2.75, 3.05) is 6.61 Å². The third-order valence-electron chi connectivity index (χ3n) is 6.08. The highest BCUT2D eigenvalue weighted by Gasteiger charge is 2.10. The second-order valence-electron chi connectivity index (χ2n) is 8.98. The summed E-state index contributed by atoms with van der Waals surface area (Å²) in [6.45, 7) is 2.08. The first-order chi connectivity index (χ1) is 16.2. The zero-order valence-electron chi connectivity index (χ0n) is 20.5. The Kier molecular flexibility index (Phi) is 13.9. The summed E-state index contributed by atoms with van der Waals surface area (Å²) in [6.07, 6.45) is 21.0. The lowest BCUT2D eigenvalue weighted by atomic mass is 10.0. The third-order valence-corrected chi connectivity index (χ3v) is 6.08. The van der Waals surface area contributed by atoms with E-state index in [-0.39, 0.29) is 18.4 Å². The van der Waals surface area contributed by atoms with E-state index in [4.69, 9.17) is 4.74 Å². The average molecular weight is 451 g/mol. The van der Waals surface area contributed by atoms with Crippen LogP contribution in [0.1, 0.15) is 107 Å². The summed E-state index contributed by atoms with van der Waals surface area (Å²) in [6, 6.07) is 13.5. The monoisotopic (exact) mass is 450 g/mol. The van der Waals surface area contributed by atoms with Crippen LogP contribution >= 0.6 is 0 Å². The van der Waals surface area contributed by atoms with Crippen molar-refractivity contribution in [3.05, 3.63) is 60.2 Å². The summed E-state index contributed by atoms with van der Waals surface area (Å²) in [7, 11) is 0. The van der Waals surface area contributed by atoms with Crippen molar-refractivity contribution in [2.24, 2.45) is 0 Å². The van der Waals surface area contributed by atoms with Crippen LogP contribution in [0.15, 0.2) is 54.6 Å². The summed E-state index contributed by atoms with van der Waals surface area (Å²) in [4.78, 5) is 24.3. The lowest BCUT2D eigenvalue weighted by Crippen LogP contribution is -2.14. The first-order valence-corrected chi connectivity index (χ1v) is 13.0. The minimum absolute atomic E-state index is 0.154. The van der Waals surface area contributed by atoms with E-state index in [2.05, 4.69) is 19.1 Å². The fourth-order valence-electron chi connectivity index (χ4n) is 4.00. The molecule has 0 aliphatic rings. The SMILES string of the molecule is CCCCCCCC/C=C\CCCCCCCC(=O)OCC(=O)c1ccc2ccccc2c1. The molecule has 2 rings (SSSR count). The standard InChI is InChI=1S/C30H42O3/c1-2-3-4-5-6-7-8-9-10-11-12-13-14-15-16-21-30(32)33-25-29(31)28-23-22-26-19-17-18-20-27(26)24-28/h9-10,17-20,22-24H,2-8,11-16,21,25H2,1H3/b10-9-. The van der Waals surface area contributed by atoms with Crippen molar-refractivity contribution in [1.29, 1.82) is 0 Å². The molecule has 0 amide bonds. The van der Waals surface area contributed by atoms with Crippen LogP contribution in [0.2, 0.25) is 0 Å². The van der Waals surface area contributed by atoms with E-state index in [1.165, 1.54) is 57.8 Å². The number of ether oxygens (including phenoxy) is 1. The number of rotatable bonds is 18. The van der Waals surface area contributed by atoms with Crippen molar-refractivity contribution in [3.63, 3.8) is 0 Å². The number of carbonyl (C=O) groups excluding carboxylic acids is 2. The van der Waals surface area contributed by atoms with Crippen molar-refractivity contribution in [2.45, 2.75) is 96.8 Å². The number of esters is 1. The molecule has 2 aromatic rings. The molecule has 0 atom stereocenters. The average Bonchev–Trinajstić information content (AvgIpc) is 2.84. The Balaban J connectivity index is 1.44. The molecule has 0 saturated heterocycles. The molecule has 0 bridgehead atoms.